The molecule has 0 aliphatic carbocycles. The number of hydrogen-bond donors (Lipinski definition) is 1. The van der Waals surface area contributed by atoms with Gasteiger partial charge in [-0.15, -0.1) is 0 Å². The fourth-order valence-electron chi connectivity index (χ4n) is 4.31. The van der Waals surface area contributed by atoms with Crippen LogP contribution in [-0.4, -0.2) is 51.6 Å². The Balaban J connectivity index is 1.62. The van der Waals surface area contributed by atoms with E-state index in [-0.39, 0.29) is 6.61 Å². The van der Waals surface area contributed by atoms with Gasteiger partial charge in [-0.3, -0.25) is 9.58 Å². The van der Waals surface area contributed by atoms with Crippen molar-refractivity contribution in [2.45, 2.75) is 32.9 Å². The number of ether oxygens (including phenoxy) is 2. The highest BCUT2D eigenvalue weighted by Crippen LogP contribution is 2.40. The summed E-state index contributed by atoms with van der Waals surface area (Å²) in [5.41, 5.74) is 4.54. The molecule has 3 aromatic rings. The third kappa shape index (κ3) is 5.17. The second kappa shape index (κ2) is 10.2. The minimum absolute atomic E-state index is 0.170. The average molecular weight is 484 g/mol. The molecule has 0 bridgehead atoms. The van der Waals surface area contributed by atoms with Crippen LogP contribution in [0.4, 0.5) is 4.79 Å². The Kier molecular flexibility index (Phi) is 7.07. The lowest BCUT2D eigenvalue weighted by Crippen LogP contribution is -2.41. The number of amides is 1. The Morgan fingerprint density at radius 1 is 1.15 bits per heavy atom. The summed E-state index contributed by atoms with van der Waals surface area (Å²) >= 11 is 6.31. The summed E-state index contributed by atoms with van der Waals surface area (Å²) in [5.74, 6) is -0.737. The SMILES string of the molecule is Cc1cc(C)n(CCOC(=O)N2CCc3ccccc3[C@H]2c2cc(Cl)ccc2OCC(=O)O)n1. The van der Waals surface area contributed by atoms with E-state index in [1.165, 1.54) is 0 Å². The van der Waals surface area contributed by atoms with Gasteiger partial charge in [0.05, 0.1) is 18.3 Å². The van der Waals surface area contributed by atoms with E-state index in [9.17, 15) is 9.59 Å². The van der Waals surface area contributed by atoms with Crippen molar-refractivity contribution in [3.63, 3.8) is 0 Å². The average Bonchev–Trinajstić information content (AvgIpc) is 3.13. The van der Waals surface area contributed by atoms with E-state index in [0.29, 0.717) is 35.8 Å². The predicted octanol–water partition coefficient (Wildman–Crippen LogP) is 4.40. The van der Waals surface area contributed by atoms with Crippen molar-refractivity contribution in [3.05, 3.63) is 81.6 Å². The molecule has 1 atom stereocenters. The topological polar surface area (TPSA) is 93.9 Å². The van der Waals surface area contributed by atoms with Crippen LogP contribution in [0.5, 0.6) is 5.75 Å². The highest BCUT2D eigenvalue weighted by Gasteiger charge is 2.35. The van der Waals surface area contributed by atoms with Crippen LogP contribution in [0.15, 0.2) is 48.5 Å². The van der Waals surface area contributed by atoms with Crippen LogP contribution in [0, 0.1) is 13.8 Å². The first-order valence-electron chi connectivity index (χ1n) is 11.0. The van der Waals surface area contributed by atoms with Gasteiger partial charge in [-0.1, -0.05) is 35.9 Å². The molecule has 0 saturated heterocycles. The lowest BCUT2D eigenvalue weighted by Gasteiger charge is -2.37. The molecule has 0 unspecified atom stereocenters. The Labute approximate surface area is 202 Å². The van der Waals surface area contributed by atoms with E-state index in [4.69, 9.17) is 26.2 Å². The van der Waals surface area contributed by atoms with E-state index >= 15 is 0 Å². The smallest absolute Gasteiger partial charge is 0.410 e. The molecule has 4 rings (SSSR count). The molecule has 0 spiro atoms. The molecule has 34 heavy (non-hydrogen) atoms. The molecule has 8 nitrogen and oxygen atoms in total. The summed E-state index contributed by atoms with van der Waals surface area (Å²) < 4.78 is 13.0. The standard InChI is InChI=1S/C25H26ClN3O5/c1-16-13-17(2)29(27-16)11-12-33-25(32)28-10-9-18-5-3-4-6-20(18)24(28)21-14-19(26)7-8-22(21)34-15-23(30)31/h3-8,13-14,24H,9-12,15H2,1-2H3,(H,30,31)/t24-/m0/s1. The van der Waals surface area contributed by atoms with Gasteiger partial charge < -0.3 is 14.6 Å². The minimum Gasteiger partial charge on any atom is -0.482 e. The first kappa shape index (κ1) is 23.6. The number of carbonyl (C=O) groups excluding carboxylic acids is 1. The second-order valence-electron chi connectivity index (χ2n) is 8.17. The minimum atomic E-state index is -1.09. The number of nitrogens with zero attached hydrogens (tertiary/aromatic N) is 3. The number of aryl methyl sites for hydroxylation is 2. The van der Waals surface area contributed by atoms with Gasteiger partial charge >= 0.3 is 12.1 Å². The number of benzene rings is 2. The first-order chi connectivity index (χ1) is 16.3. The molecule has 0 radical (unpaired) electrons. The number of carboxylic acids is 1. The number of hydrogen-bond acceptors (Lipinski definition) is 5. The summed E-state index contributed by atoms with van der Waals surface area (Å²) in [7, 11) is 0. The van der Waals surface area contributed by atoms with Gasteiger partial charge in [0.2, 0.25) is 0 Å². The molecule has 1 amide bonds. The number of aliphatic carboxylic acids is 1. The summed E-state index contributed by atoms with van der Waals surface area (Å²) in [5, 5.41) is 14.0. The van der Waals surface area contributed by atoms with E-state index in [0.717, 1.165) is 22.5 Å². The van der Waals surface area contributed by atoms with E-state index in [2.05, 4.69) is 5.10 Å². The van der Waals surface area contributed by atoms with Crippen LogP contribution in [-0.2, 0) is 22.5 Å². The molecule has 1 aromatic heterocycles. The molecule has 1 N–H and O–H groups in total. The lowest BCUT2D eigenvalue weighted by molar-refractivity contribution is -0.139. The number of halogens is 1. The summed E-state index contributed by atoms with van der Waals surface area (Å²) in [4.78, 5) is 26.0. The highest BCUT2D eigenvalue weighted by molar-refractivity contribution is 6.30. The van der Waals surface area contributed by atoms with Crippen LogP contribution in [0.3, 0.4) is 0 Å². The Morgan fingerprint density at radius 3 is 2.68 bits per heavy atom. The second-order valence-corrected chi connectivity index (χ2v) is 8.61. The van der Waals surface area contributed by atoms with Crippen molar-refractivity contribution in [1.29, 1.82) is 0 Å². The highest BCUT2D eigenvalue weighted by atomic mass is 35.5. The van der Waals surface area contributed by atoms with Gasteiger partial charge in [0, 0.05) is 22.8 Å². The van der Waals surface area contributed by atoms with Crippen LogP contribution >= 0.6 is 11.6 Å². The molecule has 178 valence electrons. The zero-order chi connectivity index (χ0) is 24.2. The normalized spacial score (nSPS) is 15.0. The van der Waals surface area contributed by atoms with Gasteiger partial charge in [0.15, 0.2) is 6.61 Å². The Bertz CT molecular complexity index is 1210. The molecule has 9 heteroatoms. The number of rotatable bonds is 7. The maximum Gasteiger partial charge on any atom is 0.410 e. The molecular weight excluding hydrogens is 458 g/mol. The van der Waals surface area contributed by atoms with Crippen molar-refractivity contribution in [1.82, 2.24) is 14.7 Å². The van der Waals surface area contributed by atoms with Crippen LogP contribution in [0.1, 0.15) is 34.1 Å². The lowest BCUT2D eigenvalue weighted by atomic mass is 9.88. The number of aromatic nitrogens is 2. The van der Waals surface area contributed by atoms with E-state index in [1.54, 1.807) is 27.8 Å². The Hall–Kier alpha value is -3.52. The quantitative estimate of drug-likeness (QED) is 0.535. The number of fused-ring (bicyclic) bond motifs is 1. The van der Waals surface area contributed by atoms with Crippen LogP contribution in [0.25, 0.3) is 0 Å². The number of carbonyl (C=O) groups is 2. The fourth-order valence-corrected chi connectivity index (χ4v) is 4.49. The van der Waals surface area contributed by atoms with Gasteiger partial charge in [0.25, 0.3) is 0 Å². The molecule has 1 aliphatic rings. The molecular formula is C25H26ClN3O5. The van der Waals surface area contributed by atoms with Gasteiger partial charge in [0.1, 0.15) is 12.4 Å². The van der Waals surface area contributed by atoms with Crippen LogP contribution < -0.4 is 4.74 Å². The number of carboxylic acid groups (broad SMARTS) is 1. The largest absolute Gasteiger partial charge is 0.482 e. The van der Waals surface area contributed by atoms with Crippen LogP contribution in [0.2, 0.25) is 5.02 Å². The molecule has 2 heterocycles. The fraction of sp³-hybridized carbons (Fsp3) is 0.320. The first-order valence-corrected chi connectivity index (χ1v) is 11.4. The third-order valence-electron chi connectivity index (χ3n) is 5.77. The summed E-state index contributed by atoms with van der Waals surface area (Å²) in [6, 6.07) is 14.3. The van der Waals surface area contributed by atoms with Crippen molar-refractivity contribution in [2.24, 2.45) is 0 Å². The van der Waals surface area contributed by atoms with Gasteiger partial charge in [-0.25, -0.2) is 9.59 Å². The zero-order valence-electron chi connectivity index (χ0n) is 19.0. The Morgan fingerprint density at radius 2 is 1.94 bits per heavy atom. The van der Waals surface area contributed by atoms with Crippen molar-refractivity contribution >= 4 is 23.7 Å². The van der Waals surface area contributed by atoms with Gasteiger partial charge in [-0.2, -0.15) is 5.10 Å². The van der Waals surface area contributed by atoms with E-state index < -0.39 is 24.7 Å². The monoisotopic (exact) mass is 483 g/mol. The maximum absolute atomic E-state index is 13.2. The van der Waals surface area contributed by atoms with Crippen molar-refractivity contribution < 1.29 is 24.2 Å². The third-order valence-corrected chi connectivity index (χ3v) is 6.00. The van der Waals surface area contributed by atoms with Gasteiger partial charge in [-0.05, 0) is 55.7 Å². The maximum atomic E-state index is 13.2. The predicted molar refractivity (Wildman–Crippen MR) is 126 cm³/mol. The molecule has 1 aliphatic heterocycles. The summed E-state index contributed by atoms with van der Waals surface area (Å²) in [6.45, 7) is 4.42. The molecule has 0 fully saturated rings. The van der Waals surface area contributed by atoms with Crippen molar-refractivity contribution in [2.75, 3.05) is 19.8 Å². The zero-order valence-corrected chi connectivity index (χ0v) is 19.8. The molecule has 2 aromatic carbocycles. The summed E-state index contributed by atoms with van der Waals surface area (Å²) in [6.07, 6.45) is 0.204. The molecule has 0 saturated carbocycles. The van der Waals surface area contributed by atoms with Crippen molar-refractivity contribution in [3.8, 4) is 5.75 Å². The van der Waals surface area contributed by atoms with E-state index in [1.807, 2.05) is 44.2 Å².